The van der Waals surface area contributed by atoms with Crippen LogP contribution in [0.25, 0.3) is 0 Å². The fourth-order valence-electron chi connectivity index (χ4n) is 4.40. The summed E-state index contributed by atoms with van der Waals surface area (Å²) in [4.78, 5) is 26.3. The van der Waals surface area contributed by atoms with Crippen LogP contribution in [0, 0.1) is 5.82 Å². The van der Waals surface area contributed by atoms with Gasteiger partial charge in [-0.3, -0.25) is 4.90 Å². The minimum absolute atomic E-state index is 0.0273. The smallest absolute Gasteiger partial charge is 0.411 e. The van der Waals surface area contributed by atoms with Gasteiger partial charge in [-0.15, -0.1) is 0 Å². The Bertz CT molecular complexity index is 1020. The van der Waals surface area contributed by atoms with Crippen molar-refractivity contribution in [3.05, 3.63) is 47.2 Å². The molecule has 0 saturated carbocycles. The Hall–Kier alpha value is -2.58. The highest BCUT2D eigenvalue weighted by Gasteiger charge is 2.37. The molecule has 1 unspecified atom stereocenters. The lowest BCUT2D eigenvalue weighted by Gasteiger charge is -2.38. The van der Waals surface area contributed by atoms with Gasteiger partial charge in [0, 0.05) is 38.4 Å². The van der Waals surface area contributed by atoms with Crippen LogP contribution in [-0.4, -0.2) is 72.4 Å². The van der Waals surface area contributed by atoms with E-state index in [0.29, 0.717) is 18.1 Å². The zero-order valence-corrected chi connectivity index (χ0v) is 21.1. The molecule has 2 aliphatic heterocycles. The molecule has 3 heterocycles. The molecule has 2 aliphatic rings. The number of amides is 1. The number of ether oxygens (including phenoxy) is 1. The van der Waals surface area contributed by atoms with Crippen LogP contribution in [-0.2, 0) is 4.74 Å². The van der Waals surface area contributed by atoms with E-state index >= 15 is 0 Å². The van der Waals surface area contributed by atoms with Gasteiger partial charge in [-0.1, -0.05) is 17.7 Å². The van der Waals surface area contributed by atoms with E-state index < -0.39 is 11.4 Å². The van der Waals surface area contributed by atoms with Gasteiger partial charge >= 0.3 is 6.09 Å². The molecule has 184 valence electrons. The lowest BCUT2D eigenvalue weighted by Crippen LogP contribution is -2.48. The summed E-state index contributed by atoms with van der Waals surface area (Å²) in [5, 5.41) is 0.0273. The van der Waals surface area contributed by atoms with Gasteiger partial charge in [0.1, 0.15) is 29.2 Å². The maximum Gasteiger partial charge on any atom is 0.411 e. The number of likely N-dealkylation sites (tertiary alicyclic amines) is 1. The van der Waals surface area contributed by atoms with Crippen molar-refractivity contribution in [1.29, 1.82) is 0 Å². The molecular formula is C25H33ClFN5O2. The summed E-state index contributed by atoms with van der Waals surface area (Å²) in [5.41, 5.74) is 0.0725. The molecule has 4 rings (SSSR count). The van der Waals surface area contributed by atoms with Gasteiger partial charge in [-0.05, 0) is 71.0 Å². The van der Waals surface area contributed by atoms with Gasteiger partial charge in [0.05, 0.1) is 5.02 Å². The van der Waals surface area contributed by atoms with Gasteiger partial charge in [-0.2, -0.15) is 0 Å². The van der Waals surface area contributed by atoms with E-state index in [2.05, 4.69) is 16.8 Å². The number of pyridine rings is 1. The number of carbonyl (C=O) groups excluding carboxylic acids is 1. The second-order valence-electron chi connectivity index (χ2n) is 9.91. The Balaban J connectivity index is 1.71. The first-order valence-corrected chi connectivity index (χ1v) is 12.1. The number of likely N-dealkylation sites (N-methyl/N-ethyl adjacent to an activating group) is 1. The molecule has 1 atom stereocenters. The molecule has 0 bridgehead atoms. The normalized spacial score (nSPS) is 19.4. The van der Waals surface area contributed by atoms with Crippen LogP contribution in [0.4, 0.5) is 26.5 Å². The van der Waals surface area contributed by atoms with E-state index in [9.17, 15) is 9.18 Å². The first kappa shape index (κ1) is 24.5. The molecule has 0 radical (unpaired) electrons. The highest BCUT2D eigenvalue weighted by atomic mass is 35.5. The SMILES string of the molecule is CN1CCN(c2cccc(N(c3ccc(F)c(Cl)c3)C3CCCN3C(=O)OC(C)(C)C)n2)CC1. The first-order valence-electron chi connectivity index (χ1n) is 11.8. The van der Waals surface area contributed by atoms with Crippen molar-refractivity contribution in [2.75, 3.05) is 49.6 Å². The molecule has 0 aliphatic carbocycles. The van der Waals surface area contributed by atoms with Gasteiger partial charge in [0.15, 0.2) is 0 Å². The number of piperazine rings is 1. The van der Waals surface area contributed by atoms with Crippen LogP contribution in [0.2, 0.25) is 5.02 Å². The average molecular weight is 490 g/mol. The van der Waals surface area contributed by atoms with E-state index in [0.717, 1.165) is 44.8 Å². The highest BCUT2D eigenvalue weighted by Crippen LogP contribution is 2.36. The Morgan fingerprint density at radius 3 is 2.56 bits per heavy atom. The van der Waals surface area contributed by atoms with Gasteiger partial charge in [0.25, 0.3) is 0 Å². The Labute approximate surface area is 206 Å². The second-order valence-corrected chi connectivity index (χ2v) is 10.3. The van der Waals surface area contributed by atoms with E-state index in [1.54, 1.807) is 17.0 Å². The molecule has 2 fully saturated rings. The van der Waals surface area contributed by atoms with Gasteiger partial charge in [0.2, 0.25) is 0 Å². The quantitative estimate of drug-likeness (QED) is 0.594. The number of halogens is 2. The molecule has 0 spiro atoms. The standard InChI is InChI=1S/C25H33ClFN5O2/c1-25(2,3)34-24(33)31-12-6-9-23(31)32(18-10-11-20(27)19(26)17-18)22-8-5-7-21(28-22)30-15-13-29(4)14-16-30/h5,7-8,10-11,17,23H,6,9,12-16H2,1-4H3. The van der Waals surface area contributed by atoms with E-state index in [-0.39, 0.29) is 17.3 Å². The maximum absolute atomic E-state index is 14.0. The summed E-state index contributed by atoms with van der Waals surface area (Å²) in [6.45, 7) is 9.86. The van der Waals surface area contributed by atoms with Crippen LogP contribution in [0.1, 0.15) is 33.6 Å². The lowest BCUT2D eigenvalue weighted by atomic mass is 10.2. The van der Waals surface area contributed by atoms with Gasteiger partial charge in [-0.25, -0.2) is 14.2 Å². The summed E-state index contributed by atoms with van der Waals surface area (Å²) in [7, 11) is 2.12. The number of hydrogen-bond acceptors (Lipinski definition) is 6. The minimum Gasteiger partial charge on any atom is -0.444 e. The number of rotatable bonds is 4. The molecule has 1 aromatic carbocycles. The molecule has 9 heteroatoms. The number of aromatic nitrogens is 1. The number of benzene rings is 1. The van der Waals surface area contributed by atoms with Crippen molar-refractivity contribution in [2.45, 2.75) is 45.4 Å². The Morgan fingerprint density at radius 2 is 1.88 bits per heavy atom. The number of carbonyl (C=O) groups is 1. The fraction of sp³-hybridized carbons (Fsp3) is 0.520. The summed E-state index contributed by atoms with van der Waals surface area (Å²) in [5.74, 6) is 1.07. The molecule has 2 saturated heterocycles. The van der Waals surface area contributed by atoms with Gasteiger partial charge < -0.3 is 19.4 Å². The van der Waals surface area contributed by atoms with Crippen molar-refractivity contribution >= 4 is 35.0 Å². The molecule has 1 aromatic heterocycles. The molecule has 7 nitrogen and oxygen atoms in total. The van der Waals surface area contributed by atoms with E-state index in [4.69, 9.17) is 21.3 Å². The average Bonchev–Trinajstić information content (AvgIpc) is 3.26. The molecule has 1 amide bonds. The van der Waals surface area contributed by atoms with E-state index in [1.165, 1.54) is 6.07 Å². The number of nitrogens with zero attached hydrogens (tertiary/aromatic N) is 5. The zero-order valence-electron chi connectivity index (χ0n) is 20.3. The van der Waals surface area contributed by atoms with Crippen molar-refractivity contribution in [2.24, 2.45) is 0 Å². The predicted molar refractivity (Wildman–Crippen MR) is 133 cm³/mol. The van der Waals surface area contributed by atoms with Crippen LogP contribution in [0.15, 0.2) is 36.4 Å². The van der Waals surface area contributed by atoms with Crippen molar-refractivity contribution < 1.29 is 13.9 Å². The predicted octanol–water partition coefficient (Wildman–Crippen LogP) is 5.12. The highest BCUT2D eigenvalue weighted by molar-refractivity contribution is 6.31. The summed E-state index contributed by atoms with van der Waals surface area (Å²) >= 11 is 6.16. The van der Waals surface area contributed by atoms with Crippen molar-refractivity contribution in [3.8, 4) is 0 Å². The monoisotopic (exact) mass is 489 g/mol. The third-order valence-electron chi connectivity index (χ3n) is 6.12. The van der Waals surface area contributed by atoms with Crippen LogP contribution >= 0.6 is 11.6 Å². The van der Waals surface area contributed by atoms with Crippen LogP contribution in [0.3, 0.4) is 0 Å². The third kappa shape index (κ3) is 5.55. The minimum atomic E-state index is -0.603. The number of anilines is 3. The largest absolute Gasteiger partial charge is 0.444 e. The van der Waals surface area contributed by atoms with Crippen molar-refractivity contribution in [3.63, 3.8) is 0 Å². The second kappa shape index (κ2) is 9.96. The van der Waals surface area contributed by atoms with E-state index in [1.807, 2.05) is 43.9 Å². The number of hydrogen-bond donors (Lipinski definition) is 0. The van der Waals surface area contributed by atoms with Crippen LogP contribution < -0.4 is 9.80 Å². The Morgan fingerprint density at radius 1 is 1.15 bits per heavy atom. The molecule has 2 aromatic rings. The van der Waals surface area contributed by atoms with Crippen LogP contribution in [0.5, 0.6) is 0 Å². The zero-order chi connectivity index (χ0) is 24.5. The first-order chi connectivity index (χ1) is 16.1. The fourth-order valence-corrected chi connectivity index (χ4v) is 4.58. The molecule has 0 N–H and O–H groups in total. The molecule has 34 heavy (non-hydrogen) atoms. The lowest BCUT2D eigenvalue weighted by molar-refractivity contribution is 0.0230. The summed E-state index contributed by atoms with van der Waals surface area (Å²) < 4.78 is 19.7. The summed E-state index contributed by atoms with van der Waals surface area (Å²) in [6, 6.07) is 10.5. The molecular weight excluding hydrogens is 457 g/mol. The maximum atomic E-state index is 14.0. The van der Waals surface area contributed by atoms with Crippen molar-refractivity contribution in [1.82, 2.24) is 14.8 Å². The Kier molecular flexibility index (Phi) is 7.19. The third-order valence-corrected chi connectivity index (χ3v) is 6.41. The summed E-state index contributed by atoms with van der Waals surface area (Å²) in [6.07, 6.45) is 0.859. The topological polar surface area (TPSA) is 52.2 Å².